The van der Waals surface area contributed by atoms with Crippen molar-refractivity contribution in [3.63, 3.8) is 0 Å². The highest BCUT2D eigenvalue weighted by atomic mass is 31.2. The molecule has 1 aromatic carbocycles. The third-order valence-corrected chi connectivity index (χ3v) is 7.14. The van der Waals surface area contributed by atoms with Crippen LogP contribution >= 0.6 is 7.60 Å². The number of benzene rings is 1. The zero-order valence-corrected chi connectivity index (χ0v) is 23.1. The fourth-order valence-electron chi connectivity index (χ4n) is 3.61. The van der Waals surface area contributed by atoms with Gasteiger partial charge in [-0.3, -0.25) is 4.57 Å². The molecule has 0 aliphatic heterocycles. The summed E-state index contributed by atoms with van der Waals surface area (Å²) < 4.78 is 38.3. The number of aromatic nitrogens is 4. The van der Waals surface area contributed by atoms with E-state index in [1.165, 1.54) is 0 Å². The van der Waals surface area contributed by atoms with Gasteiger partial charge in [-0.1, -0.05) is 49.4 Å². The number of unbranched alkanes of at least 4 members (excludes halogenated alkanes) is 2. The standard InChI is InChI=1S/C26H39N6O5P/c1-3-4-5-6-7-11-14-34-15-16-36-38(33,37-18-22-12-9-8-10-13-22)20-35-21(2)17-32-19-29-23-24(27)30-26(28)31-25(23)32/h4-5,8-10,12-13,19,21H,3,6-7,11,14-18,20H2,1-2H3,(H4,27,28,30,31)/b5-4+/t21-,38?/m1/s1. The lowest BCUT2D eigenvalue weighted by molar-refractivity contribution is 0.0530. The van der Waals surface area contributed by atoms with Gasteiger partial charge in [0.15, 0.2) is 11.5 Å². The molecule has 0 saturated heterocycles. The van der Waals surface area contributed by atoms with Crippen molar-refractivity contribution in [3.8, 4) is 0 Å². The fourth-order valence-corrected chi connectivity index (χ4v) is 4.97. The minimum Gasteiger partial charge on any atom is -0.382 e. The second kappa shape index (κ2) is 15.6. The van der Waals surface area contributed by atoms with Gasteiger partial charge in [-0.05, 0) is 38.2 Å². The Morgan fingerprint density at radius 2 is 1.87 bits per heavy atom. The summed E-state index contributed by atoms with van der Waals surface area (Å²) in [5.74, 6) is 0.274. The number of hydrogen-bond donors (Lipinski definition) is 2. The summed E-state index contributed by atoms with van der Waals surface area (Å²) in [4.78, 5) is 12.4. The third-order valence-electron chi connectivity index (χ3n) is 5.58. The van der Waals surface area contributed by atoms with Crippen LogP contribution in [0, 0.1) is 0 Å². The highest BCUT2D eigenvalue weighted by Gasteiger charge is 2.27. The van der Waals surface area contributed by atoms with E-state index in [9.17, 15) is 4.57 Å². The molecule has 12 heteroatoms. The predicted molar refractivity (Wildman–Crippen MR) is 148 cm³/mol. The van der Waals surface area contributed by atoms with Crippen molar-refractivity contribution in [2.24, 2.45) is 0 Å². The number of ether oxygens (including phenoxy) is 2. The Balaban J connectivity index is 1.50. The van der Waals surface area contributed by atoms with Gasteiger partial charge in [0.05, 0.1) is 38.8 Å². The number of nitrogens with two attached hydrogens (primary N) is 2. The molecule has 0 radical (unpaired) electrons. The molecule has 11 nitrogen and oxygen atoms in total. The van der Waals surface area contributed by atoms with Crippen LogP contribution in [-0.4, -0.2) is 51.8 Å². The van der Waals surface area contributed by atoms with Crippen molar-refractivity contribution in [2.45, 2.75) is 58.8 Å². The van der Waals surface area contributed by atoms with Crippen LogP contribution in [0.4, 0.5) is 11.8 Å². The molecule has 208 valence electrons. The summed E-state index contributed by atoms with van der Waals surface area (Å²) in [5.41, 5.74) is 13.5. The lowest BCUT2D eigenvalue weighted by Crippen LogP contribution is -2.19. The van der Waals surface area contributed by atoms with Crippen LogP contribution in [0.1, 0.15) is 45.1 Å². The Kier molecular flexibility index (Phi) is 12.2. The van der Waals surface area contributed by atoms with Gasteiger partial charge < -0.3 is 34.6 Å². The van der Waals surface area contributed by atoms with Crippen molar-refractivity contribution >= 4 is 30.5 Å². The molecule has 0 amide bonds. The molecule has 0 aliphatic rings. The number of anilines is 2. The van der Waals surface area contributed by atoms with E-state index >= 15 is 0 Å². The fraction of sp³-hybridized carbons (Fsp3) is 0.500. The van der Waals surface area contributed by atoms with Gasteiger partial charge in [0, 0.05) is 6.61 Å². The summed E-state index contributed by atoms with van der Waals surface area (Å²) in [6.45, 7) is 5.58. The molecule has 38 heavy (non-hydrogen) atoms. The van der Waals surface area contributed by atoms with Crippen LogP contribution < -0.4 is 11.5 Å². The minimum atomic E-state index is -3.57. The predicted octanol–water partition coefficient (Wildman–Crippen LogP) is 4.93. The molecule has 0 fully saturated rings. The van der Waals surface area contributed by atoms with Gasteiger partial charge in [-0.25, -0.2) is 4.98 Å². The number of rotatable bonds is 18. The first-order valence-corrected chi connectivity index (χ1v) is 14.6. The Hall–Kier alpha value is -2.82. The largest absolute Gasteiger partial charge is 0.382 e. The number of fused-ring (bicyclic) bond motifs is 1. The second-order valence-electron chi connectivity index (χ2n) is 8.83. The molecule has 4 N–H and O–H groups in total. The van der Waals surface area contributed by atoms with Gasteiger partial charge in [0.25, 0.3) is 0 Å². The summed E-state index contributed by atoms with van der Waals surface area (Å²) in [6.07, 6.45) is 9.52. The van der Waals surface area contributed by atoms with Crippen molar-refractivity contribution in [1.82, 2.24) is 19.5 Å². The summed E-state index contributed by atoms with van der Waals surface area (Å²) in [6, 6.07) is 9.50. The van der Waals surface area contributed by atoms with Gasteiger partial charge in [-0.15, -0.1) is 0 Å². The molecule has 0 bridgehead atoms. The van der Waals surface area contributed by atoms with Crippen molar-refractivity contribution in [3.05, 3.63) is 54.4 Å². The van der Waals surface area contributed by atoms with Gasteiger partial charge in [0.1, 0.15) is 11.9 Å². The first kappa shape index (κ1) is 29.7. The van der Waals surface area contributed by atoms with E-state index in [0.717, 1.165) is 31.2 Å². The average molecular weight is 547 g/mol. The van der Waals surface area contributed by atoms with Gasteiger partial charge >= 0.3 is 7.60 Å². The Morgan fingerprint density at radius 3 is 2.66 bits per heavy atom. The molecule has 2 aromatic heterocycles. The van der Waals surface area contributed by atoms with E-state index in [1.54, 1.807) is 10.9 Å². The van der Waals surface area contributed by atoms with Crippen LogP contribution in [0.3, 0.4) is 0 Å². The zero-order chi connectivity index (χ0) is 27.2. The number of nitrogen functional groups attached to an aromatic ring is 2. The quantitative estimate of drug-likeness (QED) is 0.128. The highest BCUT2D eigenvalue weighted by molar-refractivity contribution is 7.53. The van der Waals surface area contributed by atoms with Gasteiger partial charge in [0.2, 0.25) is 5.95 Å². The maximum Gasteiger partial charge on any atom is 0.356 e. The van der Waals surface area contributed by atoms with Crippen molar-refractivity contribution < 1.29 is 23.1 Å². The Morgan fingerprint density at radius 1 is 1.05 bits per heavy atom. The van der Waals surface area contributed by atoms with Crippen molar-refractivity contribution in [2.75, 3.05) is 37.6 Å². The Bertz CT molecular complexity index is 1190. The maximum atomic E-state index is 13.5. The molecule has 3 rings (SSSR count). The summed E-state index contributed by atoms with van der Waals surface area (Å²) in [7, 11) is -3.57. The van der Waals surface area contributed by atoms with E-state index < -0.39 is 7.60 Å². The maximum absolute atomic E-state index is 13.5. The van der Waals surface area contributed by atoms with Crippen LogP contribution in [0.2, 0.25) is 0 Å². The summed E-state index contributed by atoms with van der Waals surface area (Å²) in [5, 5.41) is 0. The van der Waals surface area contributed by atoms with E-state index in [1.807, 2.05) is 37.3 Å². The zero-order valence-electron chi connectivity index (χ0n) is 22.2. The number of hydrogen-bond acceptors (Lipinski definition) is 10. The van der Waals surface area contributed by atoms with E-state index in [0.29, 0.717) is 30.9 Å². The van der Waals surface area contributed by atoms with Crippen LogP contribution in [0.5, 0.6) is 0 Å². The topological polar surface area (TPSA) is 150 Å². The summed E-state index contributed by atoms with van der Waals surface area (Å²) >= 11 is 0. The number of nitrogens with zero attached hydrogens (tertiary/aromatic N) is 4. The molecule has 1 unspecified atom stereocenters. The minimum absolute atomic E-state index is 0.0630. The number of imidazole rings is 1. The van der Waals surface area contributed by atoms with Crippen molar-refractivity contribution in [1.29, 1.82) is 0 Å². The monoisotopic (exact) mass is 546 g/mol. The smallest absolute Gasteiger partial charge is 0.356 e. The molecule has 0 aliphatic carbocycles. The van der Waals surface area contributed by atoms with Crippen LogP contribution in [0.15, 0.2) is 48.8 Å². The SMILES string of the molecule is CC/C=C/CCCCOCCOP(=O)(CO[C@H](C)Cn1cnc2c(N)nc(N)nc21)OCc1ccccc1. The Labute approximate surface area is 224 Å². The van der Waals surface area contributed by atoms with Crippen LogP contribution in [-0.2, 0) is 36.2 Å². The molecular formula is C26H39N6O5P. The first-order chi connectivity index (χ1) is 18.4. The normalized spacial score (nSPS) is 14.3. The molecule has 2 heterocycles. The molecule has 0 saturated carbocycles. The van der Waals surface area contributed by atoms with E-state index in [4.69, 9.17) is 30.0 Å². The first-order valence-electron chi connectivity index (χ1n) is 12.9. The third kappa shape index (κ3) is 9.81. The highest BCUT2D eigenvalue weighted by Crippen LogP contribution is 2.49. The lowest BCUT2D eigenvalue weighted by Gasteiger charge is -2.21. The number of allylic oxidation sites excluding steroid dienone is 2. The lowest BCUT2D eigenvalue weighted by atomic mass is 10.2. The van der Waals surface area contributed by atoms with E-state index in [-0.39, 0.29) is 37.4 Å². The molecule has 3 aromatic rings. The molecule has 0 spiro atoms. The molecular weight excluding hydrogens is 507 g/mol. The van der Waals surface area contributed by atoms with Gasteiger partial charge in [-0.2, -0.15) is 9.97 Å². The van der Waals surface area contributed by atoms with E-state index in [2.05, 4.69) is 34.0 Å². The average Bonchev–Trinajstić information content (AvgIpc) is 3.30. The second-order valence-corrected chi connectivity index (χ2v) is 10.8. The molecule has 2 atom stereocenters. The van der Waals surface area contributed by atoms with Crippen LogP contribution in [0.25, 0.3) is 11.2 Å².